The van der Waals surface area contributed by atoms with Gasteiger partial charge in [0.15, 0.2) is 0 Å². The Labute approximate surface area is 148 Å². The monoisotopic (exact) mass is 419 g/mol. The van der Waals surface area contributed by atoms with E-state index in [1.54, 1.807) is 0 Å². The van der Waals surface area contributed by atoms with Gasteiger partial charge in [-0.25, -0.2) is 0 Å². The second kappa shape index (κ2) is 11.3. The molecule has 0 bridgehead atoms. The molecular formula is C18H37NO2Sn. The van der Waals surface area contributed by atoms with Crippen molar-refractivity contribution >= 4 is 21.1 Å². The molecule has 1 aliphatic heterocycles. The van der Waals surface area contributed by atoms with Gasteiger partial charge in [-0.3, -0.25) is 0 Å². The molecule has 2 radical (unpaired) electrons. The van der Waals surface area contributed by atoms with Crippen LogP contribution in [0.15, 0.2) is 0 Å². The first kappa shape index (κ1) is 20.7. The summed E-state index contributed by atoms with van der Waals surface area (Å²) in [5, 5.41) is 0. The molecule has 1 heterocycles. The topological polar surface area (TPSA) is 44.5 Å². The van der Waals surface area contributed by atoms with Gasteiger partial charge in [0.05, 0.1) is 0 Å². The molecule has 130 valence electrons. The van der Waals surface area contributed by atoms with Crippen LogP contribution in [-0.2, 0) is 9.47 Å². The van der Waals surface area contributed by atoms with Crippen LogP contribution in [0.4, 0.5) is 0 Å². The molecule has 22 heavy (non-hydrogen) atoms. The molecule has 0 atom stereocenters. The van der Waals surface area contributed by atoms with E-state index in [0.717, 1.165) is 4.62 Å². The maximum absolute atomic E-state index is 6.16. The summed E-state index contributed by atoms with van der Waals surface area (Å²) in [7, 11) is 0. The van der Waals surface area contributed by atoms with Crippen LogP contribution in [0, 0.1) is 0 Å². The van der Waals surface area contributed by atoms with Crippen molar-refractivity contribution in [2.75, 3.05) is 24.4 Å². The van der Waals surface area contributed by atoms with Gasteiger partial charge in [0.25, 0.3) is 0 Å². The van der Waals surface area contributed by atoms with Crippen LogP contribution < -0.4 is 5.73 Å². The SMILES string of the molecule is CCCC[C](CCCC)(CCCC)[Sn][CH2]OCC1(N)COC1. The van der Waals surface area contributed by atoms with Crippen LogP contribution in [0.1, 0.15) is 78.6 Å². The molecule has 0 saturated carbocycles. The molecule has 1 saturated heterocycles. The average Bonchev–Trinajstić information content (AvgIpc) is 2.50. The van der Waals surface area contributed by atoms with E-state index < -0.39 is 21.1 Å². The number of hydrogen-bond donors (Lipinski definition) is 1. The maximum atomic E-state index is 6.16. The second-order valence-corrected chi connectivity index (χ2v) is 12.0. The predicted octanol–water partition coefficient (Wildman–Crippen LogP) is 4.12. The molecule has 1 aliphatic rings. The molecule has 1 rings (SSSR count). The van der Waals surface area contributed by atoms with E-state index in [2.05, 4.69) is 20.8 Å². The number of nitrogens with two attached hydrogens (primary N) is 1. The van der Waals surface area contributed by atoms with Gasteiger partial charge in [-0.1, -0.05) is 0 Å². The molecule has 0 aliphatic carbocycles. The van der Waals surface area contributed by atoms with Crippen molar-refractivity contribution in [2.24, 2.45) is 5.73 Å². The second-order valence-electron chi connectivity index (χ2n) is 7.12. The van der Waals surface area contributed by atoms with Crippen LogP contribution in [-0.4, -0.2) is 51.1 Å². The van der Waals surface area contributed by atoms with Gasteiger partial charge in [-0.05, 0) is 0 Å². The van der Waals surface area contributed by atoms with Gasteiger partial charge in [0, 0.05) is 0 Å². The van der Waals surface area contributed by atoms with Gasteiger partial charge in [0.1, 0.15) is 0 Å². The van der Waals surface area contributed by atoms with Crippen molar-refractivity contribution in [2.45, 2.75) is 87.5 Å². The molecule has 1 fully saturated rings. The summed E-state index contributed by atoms with van der Waals surface area (Å²) in [5.41, 5.74) is 5.98. The normalized spacial score (nSPS) is 17.5. The molecule has 4 heteroatoms. The predicted molar refractivity (Wildman–Crippen MR) is 95.6 cm³/mol. The Morgan fingerprint density at radius 3 is 1.86 bits per heavy atom. The summed E-state index contributed by atoms with van der Waals surface area (Å²) in [6, 6.07) is 0. The quantitative estimate of drug-likeness (QED) is 0.341. The van der Waals surface area contributed by atoms with E-state index in [-0.39, 0.29) is 5.54 Å². The van der Waals surface area contributed by atoms with Gasteiger partial charge in [0.2, 0.25) is 0 Å². The van der Waals surface area contributed by atoms with Gasteiger partial charge in [-0.15, -0.1) is 0 Å². The first-order valence-corrected chi connectivity index (χ1v) is 12.7. The summed E-state index contributed by atoms with van der Waals surface area (Å²) in [6.45, 7) is 9.00. The van der Waals surface area contributed by atoms with Crippen molar-refractivity contribution in [3.05, 3.63) is 0 Å². The van der Waals surface area contributed by atoms with Crippen LogP contribution in [0.2, 0.25) is 3.43 Å². The van der Waals surface area contributed by atoms with E-state index in [0.29, 0.717) is 23.3 Å². The molecule has 3 nitrogen and oxygen atoms in total. The van der Waals surface area contributed by atoms with Crippen LogP contribution in [0.25, 0.3) is 0 Å². The average molecular weight is 418 g/mol. The van der Waals surface area contributed by atoms with Crippen molar-refractivity contribution in [3.63, 3.8) is 0 Å². The number of ether oxygens (including phenoxy) is 2. The summed E-state index contributed by atoms with van der Waals surface area (Å²) in [6.07, 6.45) is 12.5. The Bertz CT molecular complexity index is 260. The third-order valence-corrected chi connectivity index (χ3v) is 10.0. The van der Waals surface area contributed by atoms with Gasteiger partial charge in [-0.2, -0.15) is 0 Å². The van der Waals surface area contributed by atoms with Crippen molar-refractivity contribution in [1.82, 2.24) is 0 Å². The minimum absolute atomic E-state index is 0.182. The summed E-state index contributed by atoms with van der Waals surface area (Å²) < 4.78 is 12.9. The van der Waals surface area contributed by atoms with Crippen LogP contribution >= 0.6 is 0 Å². The van der Waals surface area contributed by atoms with E-state index in [1.165, 1.54) is 57.8 Å². The molecule has 0 aromatic carbocycles. The fourth-order valence-electron chi connectivity index (χ4n) is 3.09. The van der Waals surface area contributed by atoms with Crippen molar-refractivity contribution in [1.29, 1.82) is 0 Å². The van der Waals surface area contributed by atoms with Gasteiger partial charge >= 0.3 is 148 Å². The Morgan fingerprint density at radius 1 is 1.00 bits per heavy atom. The zero-order chi connectivity index (χ0) is 16.3. The Morgan fingerprint density at radius 2 is 1.50 bits per heavy atom. The van der Waals surface area contributed by atoms with E-state index in [9.17, 15) is 0 Å². The number of hydrogen-bond acceptors (Lipinski definition) is 3. The molecule has 0 unspecified atom stereocenters. The minimum atomic E-state index is -0.530. The molecule has 0 aromatic heterocycles. The van der Waals surface area contributed by atoms with E-state index in [1.807, 2.05) is 0 Å². The fourth-order valence-corrected chi connectivity index (χ4v) is 7.58. The van der Waals surface area contributed by atoms with Gasteiger partial charge < -0.3 is 0 Å². The van der Waals surface area contributed by atoms with Crippen LogP contribution in [0.5, 0.6) is 0 Å². The summed E-state index contributed by atoms with van der Waals surface area (Å²) >= 11 is -0.530. The zero-order valence-electron chi connectivity index (χ0n) is 15.1. The van der Waals surface area contributed by atoms with Crippen molar-refractivity contribution in [3.8, 4) is 0 Å². The molecule has 0 aromatic rings. The van der Waals surface area contributed by atoms with E-state index in [4.69, 9.17) is 15.2 Å². The summed E-state index contributed by atoms with van der Waals surface area (Å²) in [4.78, 5) is 0. The fraction of sp³-hybridized carbons (Fsp3) is 1.00. The first-order valence-electron chi connectivity index (χ1n) is 9.29. The standard InChI is InChI=1S/C13H27.C5H10NO2.Sn/c1-4-7-10-13(11-8-5-2)12-9-6-3;1-7-2-5(6)3-8-4-5;/h4-12H2,1-3H3;1-4,6H2;. The molecule has 2 N–H and O–H groups in total. The molecular weight excluding hydrogens is 381 g/mol. The Balaban J connectivity index is 2.44. The first-order chi connectivity index (χ1) is 10.6. The molecule has 0 amide bonds. The van der Waals surface area contributed by atoms with Crippen molar-refractivity contribution < 1.29 is 9.47 Å². The molecule has 0 spiro atoms. The third-order valence-electron chi connectivity index (χ3n) is 4.74. The Hall–Kier alpha value is 0.679. The van der Waals surface area contributed by atoms with E-state index >= 15 is 0 Å². The number of rotatable bonds is 14. The summed E-state index contributed by atoms with van der Waals surface area (Å²) in [5.74, 6) is 0. The third kappa shape index (κ3) is 7.50. The Kier molecular flexibility index (Phi) is 10.6. The zero-order valence-corrected chi connectivity index (χ0v) is 17.9. The number of unbranched alkanes of at least 4 members (excludes halogenated alkanes) is 3. The van der Waals surface area contributed by atoms with Crippen LogP contribution in [0.3, 0.4) is 0 Å².